The fraction of sp³-hybridized carbons (Fsp3) is 0. The van der Waals surface area contributed by atoms with Gasteiger partial charge < -0.3 is 0 Å². The van der Waals surface area contributed by atoms with E-state index < -0.39 is 5.91 Å². The van der Waals surface area contributed by atoms with Crippen molar-refractivity contribution in [3.8, 4) is 0 Å². The van der Waals surface area contributed by atoms with Gasteiger partial charge in [-0.25, -0.2) is 14.6 Å². The van der Waals surface area contributed by atoms with Gasteiger partial charge in [0, 0.05) is 0 Å². The molecule has 0 atom stereocenters. The van der Waals surface area contributed by atoms with Crippen LogP contribution in [0.2, 0.25) is 10.2 Å². The average molecular weight is 307 g/mol. The number of hydrogen-bond acceptors (Lipinski definition) is 3. The van der Waals surface area contributed by atoms with Gasteiger partial charge in [-0.1, -0.05) is 35.3 Å². The molecule has 3 aromatic rings. The zero-order valence-corrected chi connectivity index (χ0v) is 11.6. The number of nitrogens with zero attached hydrogens (tertiary/aromatic N) is 3. The van der Waals surface area contributed by atoms with Crippen LogP contribution >= 0.6 is 23.2 Å². The first-order chi connectivity index (χ1) is 9.65. The Balaban J connectivity index is 1.94. The molecule has 0 fully saturated rings. The van der Waals surface area contributed by atoms with Gasteiger partial charge in [-0.3, -0.25) is 10.2 Å². The van der Waals surface area contributed by atoms with Gasteiger partial charge in [0.25, 0.3) is 5.91 Å². The van der Waals surface area contributed by atoms with E-state index in [9.17, 15) is 4.79 Å². The first kappa shape index (κ1) is 12.9. The Morgan fingerprint density at radius 3 is 2.80 bits per heavy atom. The van der Waals surface area contributed by atoms with Crippen molar-refractivity contribution in [1.29, 1.82) is 0 Å². The van der Waals surface area contributed by atoms with Crippen LogP contribution in [0.4, 0.5) is 0 Å². The van der Waals surface area contributed by atoms with Crippen molar-refractivity contribution in [2.45, 2.75) is 0 Å². The quantitative estimate of drug-likeness (QED) is 0.740. The van der Waals surface area contributed by atoms with Crippen LogP contribution in [0.15, 0.2) is 42.7 Å². The van der Waals surface area contributed by atoms with E-state index in [0.717, 1.165) is 11.0 Å². The van der Waals surface area contributed by atoms with Gasteiger partial charge in [0.2, 0.25) is 0 Å². The van der Waals surface area contributed by atoms with Gasteiger partial charge in [0.05, 0.1) is 16.1 Å². The summed E-state index contributed by atoms with van der Waals surface area (Å²) in [5, 5.41) is 0.436. The minimum Gasteiger partial charge on any atom is -0.266 e. The molecule has 7 heteroatoms. The van der Waals surface area contributed by atoms with Gasteiger partial charge in [0.1, 0.15) is 17.2 Å². The van der Waals surface area contributed by atoms with Crippen LogP contribution in [-0.4, -0.2) is 20.6 Å². The van der Waals surface area contributed by atoms with E-state index in [0.29, 0.717) is 0 Å². The Morgan fingerprint density at radius 1 is 1.15 bits per heavy atom. The molecule has 0 aliphatic carbocycles. The summed E-state index contributed by atoms with van der Waals surface area (Å²) in [6.45, 7) is 0. The number of hydrogen-bond donors (Lipinski definition) is 1. The predicted octanol–water partition coefficient (Wildman–Crippen LogP) is 3.12. The Kier molecular flexibility index (Phi) is 3.30. The summed E-state index contributed by atoms with van der Waals surface area (Å²) in [7, 11) is 0. The van der Waals surface area contributed by atoms with Crippen molar-refractivity contribution < 1.29 is 4.79 Å². The molecule has 0 bridgehead atoms. The molecular formula is C13H8Cl2N4O. The standard InChI is InChI=1S/C13H8Cl2N4O/c14-8-5-6-11(15)17-12(8)13(20)18-19-7-16-9-3-1-2-4-10(9)19/h1-7H,(H,18,20). The third kappa shape index (κ3) is 2.33. The third-order valence-corrected chi connectivity index (χ3v) is 3.22. The molecule has 1 aromatic carbocycles. The molecule has 20 heavy (non-hydrogen) atoms. The lowest BCUT2D eigenvalue weighted by molar-refractivity contribution is 0.100. The average Bonchev–Trinajstić information content (AvgIpc) is 2.85. The predicted molar refractivity (Wildman–Crippen MR) is 77.7 cm³/mol. The van der Waals surface area contributed by atoms with E-state index >= 15 is 0 Å². The summed E-state index contributed by atoms with van der Waals surface area (Å²) >= 11 is 11.7. The molecule has 0 saturated carbocycles. The van der Waals surface area contributed by atoms with Crippen molar-refractivity contribution in [2.24, 2.45) is 0 Å². The number of carbonyl (C=O) groups excluding carboxylic acids is 1. The molecule has 0 aliphatic rings. The highest BCUT2D eigenvalue weighted by Crippen LogP contribution is 2.17. The second kappa shape index (κ2) is 5.11. The summed E-state index contributed by atoms with van der Waals surface area (Å²) < 4.78 is 1.51. The molecular weight excluding hydrogens is 299 g/mol. The van der Waals surface area contributed by atoms with Crippen LogP contribution < -0.4 is 5.43 Å². The summed E-state index contributed by atoms with van der Waals surface area (Å²) in [4.78, 5) is 20.3. The fourth-order valence-electron chi connectivity index (χ4n) is 1.79. The molecule has 3 rings (SSSR count). The van der Waals surface area contributed by atoms with Crippen LogP contribution in [0.1, 0.15) is 10.5 Å². The Labute approximate surface area is 124 Å². The lowest BCUT2D eigenvalue weighted by Gasteiger charge is -2.07. The number of fused-ring (bicyclic) bond motifs is 1. The topological polar surface area (TPSA) is 59.8 Å². The van der Waals surface area contributed by atoms with Crippen LogP contribution in [0, 0.1) is 0 Å². The maximum absolute atomic E-state index is 12.2. The number of pyridine rings is 1. The molecule has 1 amide bonds. The molecule has 1 N–H and O–H groups in total. The van der Waals surface area contributed by atoms with Gasteiger partial charge in [-0.2, -0.15) is 0 Å². The lowest BCUT2D eigenvalue weighted by atomic mass is 10.3. The van der Waals surface area contributed by atoms with Gasteiger partial charge in [-0.15, -0.1) is 0 Å². The summed E-state index contributed by atoms with van der Waals surface area (Å²) in [5.74, 6) is -0.458. The smallest absolute Gasteiger partial charge is 0.266 e. The normalized spacial score (nSPS) is 10.7. The molecule has 100 valence electrons. The van der Waals surface area contributed by atoms with E-state index in [1.807, 2.05) is 24.3 Å². The second-order valence-electron chi connectivity index (χ2n) is 4.01. The van der Waals surface area contributed by atoms with Crippen molar-refractivity contribution in [3.05, 3.63) is 58.6 Å². The summed E-state index contributed by atoms with van der Waals surface area (Å²) in [6, 6.07) is 10.5. The zero-order valence-electron chi connectivity index (χ0n) is 10.0. The summed E-state index contributed by atoms with van der Waals surface area (Å²) in [5.41, 5.74) is 4.28. The van der Waals surface area contributed by atoms with Crippen LogP contribution in [-0.2, 0) is 0 Å². The number of aromatic nitrogens is 3. The summed E-state index contributed by atoms with van der Waals surface area (Å²) in [6.07, 6.45) is 1.51. The molecule has 2 heterocycles. The number of halogens is 2. The van der Waals surface area contributed by atoms with Crippen LogP contribution in [0.25, 0.3) is 11.0 Å². The van der Waals surface area contributed by atoms with E-state index in [1.165, 1.54) is 23.1 Å². The first-order valence-electron chi connectivity index (χ1n) is 5.70. The van der Waals surface area contributed by atoms with E-state index in [-0.39, 0.29) is 15.9 Å². The fourth-order valence-corrected chi connectivity index (χ4v) is 2.13. The third-order valence-electron chi connectivity index (χ3n) is 2.70. The van der Waals surface area contributed by atoms with Gasteiger partial charge >= 0.3 is 0 Å². The monoisotopic (exact) mass is 306 g/mol. The Morgan fingerprint density at radius 2 is 1.95 bits per heavy atom. The Bertz CT molecular complexity index is 800. The second-order valence-corrected chi connectivity index (χ2v) is 4.80. The molecule has 5 nitrogen and oxygen atoms in total. The number of para-hydroxylation sites is 2. The van der Waals surface area contributed by atoms with Crippen LogP contribution in [0.3, 0.4) is 0 Å². The largest absolute Gasteiger partial charge is 0.290 e. The molecule has 0 spiro atoms. The lowest BCUT2D eigenvalue weighted by Crippen LogP contribution is -2.23. The van der Waals surface area contributed by atoms with Crippen molar-refractivity contribution in [2.75, 3.05) is 5.43 Å². The minimum absolute atomic E-state index is 0.0666. The zero-order chi connectivity index (χ0) is 14.1. The number of carbonyl (C=O) groups is 1. The van der Waals surface area contributed by atoms with Crippen molar-refractivity contribution in [1.82, 2.24) is 14.6 Å². The van der Waals surface area contributed by atoms with E-state index in [4.69, 9.17) is 23.2 Å². The molecule has 0 radical (unpaired) electrons. The van der Waals surface area contributed by atoms with Crippen LogP contribution in [0.5, 0.6) is 0 Å². The molecule has 0 saturated heterocycles. The molecule has 0 aliphatic heterocycles. The SMILES string of the molecule is O=C(Nn1cnc2ccccc21)c1nc(Cl)ccc1Cl. The maximum atomic E-state index is 12.2. The number of rotatable bonds is 2. The van der Waals surface area contributed by atoms with Crippen molar-refractivity contribution >= 4 is 40.1 Å². The maximum Gasteiger partial charge on any atom is 0.290 e. The molecule has 2 aromatic heterocycles. The Hall–Kier alpha value is -2.11. The minimum atomic E-state index is -0.458. The highest BCUT2D eigenvalue weighted by molar-refractivity contribution is 6.35. The first-order valence-corrected chi connectivity index (χ1v) is 6.46. The van der Waals surface area contributed by atoms with Gasteiger partial charge in [0.15, 0.2) is 0 Å². The highest BCUT2D eigenvalue weighted by atomic mass is 35.5. The van der Waals surface area contributed by atoms with Gasteiger partial charge in [-0.05, 0) is 24.3 Å². The van der Waals surface area contributed by atoms with E-state index in [1.54, 1.807) is 0 Å². The van der Waals surface area contributed by atoms with E-state index in [2.05, 4.69) is 15.4 Å². The number of nitrogens with one attached hydrogen (secondary N) is 1. The molecule has 0 unspecified atom stereocenters. The van der Waals surface area contributed by atoms with Crippen molar-refractivity contribution in [3.63, 3.8) is 0 Å². The highest BCUT2D eigenvalue weighted by Gasteiger charge is 2.14. The number of benzene rings is 1. The number of imidazole rings is 1. The number of amides is 1.